The Hall–Kier alpha value is -1.66. The van der Waals surface area contributed by atoms with Crippen molar-refractivity contribution in [3.8, 4) is 0 Å². The molecule has 0 aliphatic heterocycles. The molecule has 0 amide bonds. The molecule has 3 rings (SSSR count). The summed E-state index contributed by atoms with van der Waals surface area (Å²) in [5.74, 6) is 0.717. The Labute approximate surface area is 112 Å². The zero-order valence-corrected chi connectivity index (χ0v) is 10.9. The third kappa shape index (κ3) is 2.30. The molecule has 0 spiro atoms. The van der Waals surface area contributed by atoms with Crippen LogP contribution in [0.25, 0.3) is 11.0 Å². The number of hydrogen-bond acceptors (Lipinski definition) is 5. The van der Waals surface area contributed by atoms with Crippen molar-refractivity contribution in [2.45, 2.75) is 6.42 Å². The fraction of sp³-hybridized carbons (Fsp3) is 0.182. The van der Waals surface area contributed by atoms with Crippen molar-refractivity contribution in [2.75, 3.05) is 11.9 Å². The van der Waals surface area contributed by atoms with Crippen LogP contribution in [0.15, 0.2) is 23.0 Å². The molecule has 2 N–H and O–H groups in total. The molecule has 3 aromatic heterocycles. The summed E-state index contributed by atoms with van der Waals surface area (Å²) in [6.07, 6.45) is 2.64. The minimum atomic E-state index is 0.213. The molecular weight excluding hydrogens is 270 g/mol. The molecule has 0 saturated carbocycles. The highest BCUT2D eigenvalue weighted by Gasteiger charge is 2.07. The van der Waals surface area contributed by atoms with Gasteiger partial charge in [-0.15, -0.1) is 0 Å². The van der Waals surface area contributed by atoms with Crippen LogP contribution in [0.3, 0.4) is 0 Å². The number of H-pyrrole nitrogens is 1. The third-order valence-electron chi connectivity index (χ3n) is 2.57. The topological polar surface area (TPSA) is 66.5 Å². The van der Waals surface area contributed by atoms with Gasteiger partial charge in [0.1, 0.15) is 5.82 Å². The van der Waals surface area contributed by atoms with E-state index in [0.29, 0.717) is 11.5 Å². The van der Waals surface area contributed by atoms with E-state index in [1.807, 2.05) is 0 Å². The fourth-order valence-electron chi connectivity index (χ4n) is 1.70. The minimum Gasteiger partial charge on any atom is -0.369 e. The van der Waals surface area contributed by atoms with Crippen LogP contribution in [0.2, 0.25) is 5.28 Å². The lowest BCUT2D eigenvalue weighted by Gasteiger charge is -2.05. The smallest absolute Gasteiger partial charge is 0.226 e. The molecule has 0 atom stereocenters. The number of nitrogens with zero attached hydrogens (tertiary/aromatic N) is 3. The van der Waals surface area contributed by atoms with Gasteiger partial charge >= 0.3 is 0 Å². The lowest BCUT2D eigenvalue weighted by atomic mass is 10.2. The van der Waals surface area contributed by atoms with Crippen LogP contribution in [-0.4, -0.2) is 26.7 Å². The molecule has 18 heavy (non-hydrogen) atoms. The zero-order valence-electron chi connectivity index (χ0n) is 9.35. The summed E-state index contributed by atoms with van der Waals surface area (Å²) in [6.45, 7) is 0.796. The van der Waals surface area contributed by atoms with Crippen LogP contribution in [-0.2, 0) is 6.42 Å². The first kappa shape index (κ1) is 11.4. The molecule has 0 aromatic carbocycles. The average molecular weight is 280 g/mol. The predicted octanol–water partition coefficient (Wildman–Crippen LogP) is 2.72. The highest BCUT2D eigenvalue weighted by atomic mass is 35.5. The fourth-order valence-corrected chi connectivity index (χ4v) is 2.57. The average Bonchev–Trinajstić information content (AvgIpc) is 2.98. The van der Waals surface area contributed by atoms with E-state index >= 15 is 0 Å². The van der Waals surface area contributed by atoms with E-state index in [4.69, 9.17) is 11.6 Å². The van der Waals surface area contributed by atoms with Gasteiger partial charge in [-0.1, -0.05) is 0 Å². The van der Waals surface area contributed by atoms with Gasteiger partial charge in [-0.05, 0) is 40.4 Å². The van der Waals surface area contributed by atoms with E-state index in [1.165, 1.54) is 5.56 Å². The van der Waals surface area contributed by atoms with E-state index in [1.54, 1.807) is 17.5 Å². The molecule has 0 aliphatic carbocycles. The van der Waals surface area contributed by atoms with Crippen molar-refractivity contribution in [1.29, 1.82) is 0 Å². The number of aromatic amines is 1. The normalized spacial score (nSPS) is 10.9. The van der Waals surface area contributed by atoms with Gasteiger partial charge < -0.3 is 5.32 Å². The number of anilines is 1. The molecule has 0 unspecified atom stereocenters. The summed E-state index contributed by atoms with van der Waals surface area (Å²) in [5.41, 5.74) is 1.96. The molecule has 0 radical (unpaired) electrons. The number of aromatic nitrogens is 4. The van der Waals surface area contributed by atoms with Gasteiger partial charge in [-0.3, -0.25) is 5.10 Å². The first-order chi connectivity index (χ1) is 8.83. The van der Waals surface area contributed by atoms with Crippen LogP contribution in [0, 0.1) is 0 Å². The highest BCUT2D eigenvalue weighted by Crippen LogP contribution is 2.19. The minimum absolute atomic E-state index is 0.213. The predicted molar refractivity (Wildman–Crippen MR) is 73.2 cm³/mol. The van der Waals surface area contributed by atoms with E-state index in [9.17, 15) is 0 Å². The zero-order chi connectivity index (χ0) is 12.4. The Kier molecular flexibility index (Phi) is 3.12. The summed E-state index contributed by atoms with van der Waals surface area (Å²) in [7, 11) is 0. The van der Waals surface area contributed by atoms with Crippen LogP contribution >= 0.6 is 22.9 Å². The van der Waals surface area contributed by atoms with E-state index in [-0.39, 0.29) is 5.28 Å². The van der Waals surface area contributed by atoms with E-state index < -0.39 is 0 Å². The van der Waals surface area contributed by atoms with E-state index in [0.717, 1.165) is 18.4 Å². The van der Waals surface area contributed by atoms with Crippen molar-refractivity contribution in [3.63, 3.8) is 0 Å². The molecule has 0 bridgehead atoms. The largest absolute Gasteiger partial charge is 0.369 e. The summed E-state index contributed by atoms with van der Waals surface area (Å²) in [4.78, 5) is 8.23. The van der Waals surface area contributed by atoms with Crippen molar-refractivity contribution in [3.05, 3.63) is 33.9 Å². The molecule has 3 heterocycles. The highest BCUT2D eigenvalue weighted by molar-refractivity contribution is 7.07. The second-order valence-electron chi connectivity index (χ2n) is 3.78. The van der Waals surface area contributed by atoms with E-state index in [2.05, 4.69) is 42.3 Å². The summed E-state index contributed by atoms with van der Waals surface area (Å²) < 4.78 is 0. The lowest BCUT2D eigenvalue weighted by Crippen LogP contribution is -2.06. The Morgan fingerprint density at radius 1 is 1.39 bits per heavy atom. The molecule has 0 fully saturated rings. The van der Waals surface area contributed by atoms with Gasteiger partial charge in [0.2, 0.25) is 5.28 Å². The number of rotatable bonds is 4. The Bertz CT molecular complexity index is 649. The van der Waals surface area contributed by atoms with Crippen molar-refractivity contribution in [1.82, 2.24) is 20.2 Å². The summed E-state index contributed by atoms with van der Waals surface area (Å²) in [5, 5.41) is 15.3. The maximum Gasteiger partial charge on any atom is 0.226 e. The van der Waals surface area contributed by atoms with Gasteiger partial charge in [0, 0.05) is 6.54 Å². The van der Waals surface area contributed by atoms with Gasteiger partial charge in [-0.25, -0.2) is 0 Å². The Morgan fingerprint density at radius 2 is 2.33 bits per heavy atom. The van der Waals surface area contributed by atoms with Crippen LogP contribution in [0.5, 0.6) is 0 Å². The SMILES string of the molecule is Clc1nc(NCCc2ccsc2)c2cn[nH]c2n1. The first-order valence-electron chi connectivity index (χ1n) is 5.44. The number of halogens is 1. The number of fused-ring (bicyclic) bond motifs is 1. The molecule has 92 valence electrons. The van der Waals surface area contributed by atoms with Gasteiger partial charge in [0.25, 0.3) is 0 Å². The number of thiophene rings is 1. The number of hydrogen-bond donors (Lipinski definition) is 2. The monoisotopic (exact) mass is 279 g/mol. The van der Waals surface area contributed by atoms with Gasteiger partial charge in [0.15, 0.2) is 5.65 Å². The van der Waals surface area contributed by atoms with Crippen LogP contribution < -0.4 is 5.32 Å². The maximum absolute atomic E-state index is 5.85. The first-order valence-corrected chi connectivity index (χ1v) is 6.76. The quantitative estimate of drug-likeness (QED) is 0.721. The second kappa shape index (κ2) is 4.91. The molecule has 0 saturated heterocycles. The number of nitrogens with one attached hydrogen (secondary N) is 2. The van der Waals surface area contributed by atoms with Crippen LogP contribution in [0.1, 0.15) is 5.56 Å². The standard InChI is InChI=1S/C11H10ClN5S/c12-11-15-9(8-5-14-17-10(8)16-11)13-3-1-7-2-4-18-6-7/h2,4-6H,1,3H2,(H2,13,14,15,16,17). The lowest BCUT2D eigenvalue weighted by molar-refractivity contribution is 1.01. The van der Waals surface area contributed by atoms with Crippen LogP contribution in [0.4, 0.5) is 5.82 Å². The van der Waals surface area contributed by atoms with Gasteiger partial charge in [-0.2, -0.15) is 26.4 Å². The molecule has 3 aromatic rings. The van der Waals surface area contributed by atoms with Gasteiger partial charge in [0.05, 0.1) is 11.6 Å². The Morgan fingerprint density at radius 3 is 3.17 bits per heavy atom. The molecule has 0 aliphatic rings. The Balaban J connectivity index is 1.75. The van der Waals surface area contributed by atoms with Crippen molar-refractivity contribution < 1.29 is 0 Å². The molecule has 7 heteroatoms. The summed E-state index contributed by atoms with van der Waals surface area (Å²) in [6, 6.07) is 2.12. The second-order valence-corrected chi connectivity index (χ2v) is 4.90. The molecule has 5 nitrogen and oxygen atoms in total. The van der Waals surface area contributed by atoms with Crippen molar-refractivity contribution >= 4 is 39.8 Å². The van der Waals surface area contributed by atoms with Crippen molar-refractivity contribution in [2.24, 2.45) is 0 Å². The maximum atomic E-state index is 5.85. The third-order valence-corrected chi connectivity index (χ3v) is 3.47. The molecular formula is C11H10ClN5S. The summed E-state index contributed by atoms with van der Waals surface area (Å²) >= 11 is 7.55.